The first-order chi connectivity index (χ1) is 15.6. The number of oxime groups is 1. The standard InChI is InChI=1S/C23H27FN4O2.C2H6/c1-4-5-6-7-9-17(2)10-8-13-25-22-15-21(27-23(28-22)30-3)18-11-12-20(24)19(14-18)16-26-29;1-2/h4-6,9,11-12,14-16,29H,1,7-8,10,13H2,2-3H3,(H,25,27,28);1-2H3/b6-5-,17-9+,26-16-;. The summed E-state index contributed by atoms with van der Waals surface area (Å²) < 4.78 is 19.0. The number of methoxy groups -OCH3 is 1. The van der Waals surface area contributed by atoms with Crippen LogP contribution in [0.3, 0.4) is 0 Å². The Morgan fingerprint density at radius 1 is 1.28 bits per heavy atom. The molecule has 1 heterocycles. The highest BCUT2D eigenvalue weighted by atomic mass is 19.1. The largest absolute Gasteiger partial charge is 0.467 e. The Labute approximate surface area is 190 Å². The fraction of sp³-hybridized carbons (Fsp3) is 0.320. The quantitative estimate of drug-likeness (QED) is 0.106. The van der Waals surface area contributed by atoms with Crippen LogP contribution in [0.1, 0.15) is 45.6 Å². The number of aromatic nitrogens is 2. The van der Waals surface area contributed by atoms with E-state index in [4.69, 9.17) is 9.94 Å². The summed E-state index contributed by atoms with van der Waals surface area (Å²) in [5.41, 5.74) is 2.71. The molecular weight excluding hydrogens is 407 g/mol. The Morgan fingerprint density at radius 2 is 2.06 bits per heavy atom. The number of nitrogens with zero attached hydrogens (tertiary/aromatic N) is 3. The maximum absolute atomic E-state index is 13.8. The van der Waals surface area contributed by atoms with E-state index < -0.39 is 5.82 Å². The number of hydrogen-bond donors (Lipinski definition) is 2. The zero-order valence-electron chi connectivity index (χ0n) is 19.3. The van der Waals surface area contributed by atoms with E-state index in [0.717, 1.165) is 32.0 Å². The highest BCUT2D eigenvalue weighted by Gasteiger charge is 2.10. The van der Waals surface area contributed by atoms with Crippen LogP contribution in [0.15, 0.2) is 65.9 Å². The Balaban J connectivity index is 0.00000249. The van der Waals surface area contributed by atoms with E-state index in [1.165, 1.54) is 18.7 Å². The Hall–Kier alpha value is -3.48. The maximum Gasteiger partial charge on any atom is 0.318 e. The molecule has 6 nitrogen and oxygen atoms in total. The minimum absolute atomic E-state index is 0.160. The molecule has 32 heavy (non-hydrogen) atoms. The van der Waals surface area contributed by atoms with Crippen LogP contribution in [0, 0.1) is 5.82 Å². The monoisotopic (exact) mass is 440 g/mol. The molecule has 0 saturated carbocycles. The molecule has 0 unspecified atom stereocenters. The summed E-state index contributed by atoms with van der Waals surface area (Å²) in [5.74, 6) is 0.133. The number of anilines is 1. The van der Waals surface area contributed by atoms with E-state index in [-0.39, 0.29) is 11.6 Å². The fourth-order valence-electron chi connectivity index (χ4n) is 2.75. The van der Waals surface area contributed by atoms with Crippen molar-refractivity contribution in [2.75, 3.05) is 19.0 Å². The van der Waals surface area contributed by atoms with Crippen molar-refractivity contribution in [2.24, 2.45) is 5.16 Å². The van der Waals surface area contributed by atoms with Gasteiger partial charge in [0.1, 0.15) is 11.6 Å². The third-order valence-corrected chi connectivity index (χ3v) is 4.31. The molecule has 2 rings (SSSR count). The molecule has 0 saturated heterocycles. The van der Waals surface area contributed by atoms with Crippen molar-refractivity contribution in [3.63, 3.8) is 0 Å². The van der Waals surface area contributed by atoms with Gasteiger partial charge in [-0.05, 0) is 44.4 Å². The lowest BCUT2D eigenvalue weighted by Crippen LogP contribution is -2.06. The highest BCUT2D eigenvalue weighted by molar-refractivity contribution is 5.82. The van der Waals surface area contributed by atoms with Gasteiger partial charge in [0.2, 0.25) is 0 Å². The predicted octanol–water partition coefficient (Wildman–Crippen LogP) is 6.40. The average molecular weight is 441 g/mol. The summed E-state index contributed by atoms with van der Waals surface area (Å²) in [6, 6.07) is 6.44. The van der Waals surface area contributed by atoms with Gasteiger partial charge >= 0.3 is 6.01 Å². The number of rotatable bonds is 11. The molecule has 1 aromatic carbocycles. The van der Waals surface area contributed by atoms with Crippen LogP contribution in [-0.2, 0) is 0 Å². The molecule has 0 radical (unpaired) electrons. The summed E-state index contributed by atoms with van der Waals surface area (Å²) in [6.07, 6.45) is 11.8. The van der Waals surface area contributed by atoms with Gasteiger partial charge in [-0.25, -0.2) is 4.39 Å². The predicted molar refractivity (Wildman–Crippen MR) is 130 cm³/mol. The molecule has 0 bridgehead atoms. The van der Waals surface area contributed by atoms with E-state index in [9.17, 15) is 4.39 Å². The van der Waals surface area contributed by atoms with Crippen LogP contribution in [0.2, 0.25) is 0 Å². The summed E-state index contributed by atoms with van der Waals surface area (Å²) in [5, 5.41) is 14.9. The second-order valence-corrected chi connectivity index (χ2v) is 6.59. The lowest BCUT2D eigenvalue weighted by molar-refractivity contribution is 0.321. The minimum Gasteiger partial charge on any atom is -0.467 e. The number of halogens is 1. The SMILES string of the molecule is C=C/C=C\C/C=C(\C)CCCNc1cc(-c2ccc(F)c(/C=N\O)c2)nc(OC)n1.CC. The molecule has 0 amide bonds. The fourth-order valence-corrected chi connectivity index (χ4v) is 2.75. The van der Waals surface area contributed by atoms with Crippen molar-refractivity contribution in [1.29, 1.82) is 0 Å². The highest BCUT2D eigenvalue weighted by Crippen LogP contribution is 2.24. The van der Waals surface area contributed by atoms with E-state index in [0.29, 0.717) is 17.1 Å². The van der Waals surface area contributed by atoms with Crippen molar-refractivity contribution in [2.45, 2.75) is 40.0 Å². The van der Waals surface area contributed by atoms with Gasteiger partial charge in [-0.2, -0.15) is 9.97 Å². The second-order valence-electron chi connectivity index (χ2n) is 6.59. The van der Waals surface area contributed by atoms with Crippen molar-refractivity contribution >= 4 is 12.0 Å². The summed E-state index contributed by atoms with van der Waals surface area (Å²) in [4.78, 5) is 8.66. The summed E-state index contributed by atoms with van der Waals surface area (Å²) in [6.45, 7) is 10.5. The number of benzene rings is 1. The smallest absolute Gasteiger partial charge is 0.318 e. The maximum atomic E-state index is 13.8. The van der Waals surface area contributed by atoms with Crippen LogP contribution in [0.4, 0.5) is 10.2 Å². The molecule has 0 aliphatic carbocycles. The van der Waals surface area contributed by atoms with E-state index in [1.54, 1.807) is 24.3 Å². The molecule has 2 N–H and O–H groups in total. The first-order valence-electron chi connectivity index (χ1n) is 10.6. The van der Waals surface area contributed by atoms with Crippen LogP contribution in [-0.4, -0.2) is 35.0 Å². The minimum atomic E-state index is -0.487. The summed E-state index contributed by atoms with van der Waals surface area (Å²) >= 11 is 0. The Morgan fingerprint density at radius 3 is 2.75 bits per heavy atom. The van der Waals surface area contributed by atoms with Crippen LogP contribution < -0.4 is 10.1 Å². The lowest BCUT2D eigenvalue weighted by Gasteiger charge is -2.10. The van der Waals surface area contributed by atoms with E-state index in [1.807, 2.05) is 19.9 Å². The molecule has 0 aliphatic heterocycles. The van der Waals surface area contributed by atoms with Gasteiger partial charge < -0.3 is 15.3 Å². The third-order valence-electron chi connectivity index (χ3n) is 4.31. The van der Waals surface area contributed by atoms with Gasteiger partial charge in [-0.3, -0.25) is 0 Å². The van der Waals surface area contributed by atoms with Gasteiger partial charge in [-0.1, -0.05) is 55.5 Å². The molecule has 2 aromatic rings. The number of nitrogens with one attached hydrogen (secondary N) is 1. The third kappa shape index (κ3) is 9.12. The molecule has 172 valence electrons. The Bertz CT molecular complexity index is 940. The van der Waals surface area contributed by atoms with E-state index >= 15 is 0 Å². The molecule has 0 atom stereocenters. The zero-order valence-corrected chi connectivity index (χ0v) is 19.3. The zero-order chi connectivity index (χ0) is 23.8. The number of ether oxygens (including phenoxy) is 1. The topological polar surface area (TPSA) is 79.6 Å². The molecule has 0 fully saturated rings. The van der Waals surface area contributed by atoms with Gasteiger partial charge in [0.05, 0.1) is 19.0 Å². The van der Waals surface area contributed by atoms with Crippen molar-refractivity contribution in [3.8, 4) is 17.3 Å². The lowest BCUT2D eigenvalue weighted by atomic mass is 10.1. The average Bonchev–Trinajstić information content (AvgIpc) is 2.82. The van der Waals surface area contributed by atoms with Crippen molar-refractivity contribution in [3.05, 3.63) is 72.1 Å². The van der Waals surface area contributed by atoms with Crippen molar-refractivity contribution < 1.29 is 14.3 Å². The first-order valence-corrected chi connectivity index (χ1v) is 10.6. The number of allylic oxidation sites excluding steroid dienone is 5. The second kappa shape index (κ2) is 15.3. The normalized spacial score (nSPS) is 11.3. The number of hydrogen-bond acceptors (Lipinski definition) is 6. The van der Waals surface area contributed by atoms with Gasteiger partial charge in [0, 0.05) is 23.7 Å². The molecule has 0 spiro atoms. The van der Waals surface area contributed by atoms with Crippen LogP contribution >= 0.6 is 0 Å². The van der Waals surface area contributed by atoms with Crippen LogP contribution in [0.5, 0.6) is 6.01 Å². The molecule has 7 heteroatoms. The molecular formula is C25H33FN4O2. The Kier molecular flexibility index (Phi) is 12.7. The molecule has 0 aliphatic rings. The van der Waals surface area contributed by atoms with Crippen LogP contribution in [0.25, 0.3) is 11.3 Å². The summed E-state index contributed by atoms with van der Waals surface area (Å²) in [7, 11) is 1.49. The van der Waals surface area contributed by atoms with E-state index in [2.05, 4.69) is 46.1 Å². The first kappa shape index (κ1) is 26.6. The van der Waals surface area contributed by atoms with Gasteiger partial charge in [0.15, 0.2) is 0 Å². The van der Waals surface area contributed by atoms with Gasteiger partial charge in [-0.15, -0.1) is 0 Å². The van der Waals surface area contributed by atoms with Crippen molar-refractivity contribution in [1.82, 2.24) is 9.97 Å². The molecule has 1 aromatic heterocycles. The van der Waals surface area contributed by atoms with Gasteiger partial charge in [0.25, 0.3) is 0 Å².